The molecule has 11 heteroatoms. The third-order valence-electron chi connectivity index (χ3n) is 4.24. The summed E-state index contributed by atoms with van der Waals surface area (Å²) < 4.78 is 39.6. The van der Waals surface area contributed by atoms with Crippen LogP contribution in [0.1, 0.15) is 20.8 Å². The molecule has 31 heavy (non-hydrogen) atoms. The van der Waals surface area contributed by atoms with E-state index in [2.05, 4.69) is 15.6 Å². The first-order valence-electron chi connectivity index (χ1n) is 9.25. The number of ketones is 1. The summed E-state index contributed by atoms with van der Waals surface area (Å²) in [7, 11) is 0. The minimum absolute atomic E-state index is 0.00626. The van der Waals surface area contributed by atoms with Crippen LogP contribution >= 0.6 is 12.2 Å². The van der Waals surface area contributed by atoms with Gasteiger partial charge in [-0.15, -0.1) is 0 Å². The monoisotopic (exact) mass is 454 g/mol. The first-order chi connectivity index (χ1) is 14.4. The first kappa shape index (κ1) is 24.2. The number of Topliss-reactive ketones (excluding diaryl/α,β-unsaturated/α-hetero) is 1. The summed E-state index contributed by atoms with van der Waals surface area (Å²) in [5, 5.41) is 4.76. The molecule has 1 unspecified atom stereocenters. The van der Waals surface area contributed by atoms with Gasteiger partial charge >= 0.3 is 6.18 Å². The molecule has 0 saturated carbocycles. The van der Waals surface area contributed by atoms with Gasteiger partial charge in [0.25, 0.3) is 11.3 Å². The molecular formula is C20H21F3N4O3S. The molecule has 0 saturated heterocycles. The zero-order chi connectivity index (χ0) is 23.3. The molecule has 1 aromatic heterocycles. The third-order valence-corrected chi connectivity index (χ3v) is 4.34. The molecule has 1 heterocycles. The highest BCUT2D eigenvalue weighted by Gasteiger charge is 2.45. The number of nitrogens with one attached hydrogen (secondary N) is 2. The Morgan fingerprint density at radius 2 is 1.81 bits per heavy atom. The highest BCUT2D eigenvalue weighted by molar-refractivity contribution is 7.80. The van der Waals surface area contributed by atoms with Crippen LogP contribution in [-0.4, -0.2) is 38.4 Å². The molecule has 1 atom stereocenters. The standard InChI is InChI=1S/C20H21F3N4O3S/c1-11(2)16(17(29)20(21,22)23)26-15(28)10-27-18(13-7-5-4-6-8-13)24-9-14(19(27)30)25-12(3)31/h4-9,11,16H,10H2,1-3H3,(H,25,31)(H,26,28). The fraction of sp³-hybridized carbons (Fsp3) is 0.350. The van der Waals surface area contributed by atoms with Crippen molar-refractivity contribution in [1.82, 2.24) is 14.9 Å². The second-order valence-electron chi connectivity index (χ2n) is 7.09. The SMILES string of the molecule is CC(=S)Nc1cnc(-c2ccccc2)n(CC(=O)NC(C(=O)C(F)(F)F)C(C)C)c1=O. The van der Waals surface area contributed by atoms with Crippen molar-refractivity contribution >= 4 is 34.6 Å². The number of amides is 1. The maximum atomic E-state index is 12.9. The molecule has 166 valence electrons. The molecular weight excluding hydrogens is 433 g/mol. The van der Waals surface area contributed by atoms with Crippen LogP contribution in [0.2, 0.25) is 0 Å². The molecule has 1 amide bonds. The number of benzene rings is 1. The van der Waals surface area contributed by atoms with Crippen LogP contribution in [0.3, 0.4) is 0 Å². The number of hydrogen-bond donors (Lipinski definition) is 2. The number of carbonyl (C=O) groups excluding carboxylic acids is 2. The topological polar surface area (TPSA) is 93.1 Å². The summed E-state index contributed by atoms with van der Waals surface area (Å²) in [6, 6.07) is 6.71. The van der Waals surface area contributed by atoms with Gasteiger partial charge in [0.2, 0.25) is 5.91 Å². The number of hydrogen-bond acceptors (Lipinski definition) is 5. The molecule has 2 aromatic rings. The second kappa shape index (κ2) is 9.82. The van der Waals surface area contributed by atoms with E-state index in [9.17, 15) is 27.6 Å². The normalized spacial score (nSPS) is 12.4. The molecule has 0 aliphatic rings. The maximum absolute atomic E-state index is 12.9. The number of nitrogens with zero attached hydrogens (tertiary/aromatic N) is 2. The van der Waals surface area contributed by atoms with E-state index in [1.54, 1.807) is 37.3 Å². The lowest BCUT2D eigenvalue weighted by Gasteiger charge is -2.23. The van der Waals surface area contributed by atoms with Crippen molar-refractivity contribution in [2.75, 3.05) is 5.32 Å². The Morgan fingerprint density at radius 1 is 1.19 bits per heavy atom. The lowest BCUT2D eigenvalue weighted by atomic mass is 9.99. The van der Waals surface area contributed by atoms with Crippen LogP contribution < -0.4 is 16.2 Å². The minimum Gasteiger partial charge on any atom is -0.344 e. The van der Waals surface area contributed by atoms with Crippen LogP contribution in [0.15, 0.2) is 41.3 Å². The lowest BCUT2D eigenvalue weighted by molar-refractivity contribution is -0.174. The number of halogens is 3. The Bertz CT molecular complexity index is 1040. The fourth-order valence-corrected chi connectivity index (χ4v) is 2.92. The Labute approximate surface area is 181 Å². The molecule has 0 aliphatic heterocycles. The molecule has 0 spiro atoms. The zero-order valence-electron chi connectivity index (χ0n) is 17.0. The Morgan fingerprint density at radius 3 is 2.32 bits per heavy atom. The van der Waals surface area contributed by atoms with Crippen molar-refractivity contribution < 1.29 is 22.8 Å². The van der Waals surface area contributed by atoms with Gasteiger partial charge < -0.3 is 10.6 Å². The molecule has 0 aliphatic carbocycles. The van der Waals surface area contributed by atoms with E-state index in [1.807, 2.05) is 0 Å². The van der Waals surface area contributed by atoms with E-state index in [4.69, 9.17) is 12.2 Å². The third kappa shape index (κ3) is 6.20. The molecule has 2 rings (SSSR count). The molecule has 7 nitrogen and oxygen atoms in total. The number of anilines is 1. The summed E-state index contributed by atoms with van der Waals surface area (Å²) in [6.07, 6.45) is -3.84. The Kier molecular flexibility index (Phi) is 7.66. The van der Waals surface area contributed by atoms with Crippen molar-refractivity contribution in [3.05, 3.63) is 46.9 Å². The van der Waals surface area contributed by atoms with E-state index in [0.717, 1.165) is 4.57 Å². The smallest absolute Gasteiger partial charge is 0.344 e. The van der Waals surface area contributed by atoms with Gasteiger partial charge in [0.15, 0.2) is 0 Å². The van der Waals surface area contributed by atoms with Crippen LogP contribution in [0.25, 0.3) is 11.4 Å². The van der Waals surface area contributed by atoms with Crippen LogP contribution in [0.4, 0.5) is 18.9 Å². The zero-order valence-corrected chi connectivity index (χ0v) is 17.8. The van der Waals surface area contributed by atoms with E-state index >= 15 is 0 Å². The first-order valence-corrected chi connectivity index (χ1v) is 9.66. The van der Waals surface area contributed by atoms with E-state index in [0.29, 0.717) is 5.56 Å². The van der Waals surface area contributed by atoms with E-state index in [-0.39, 0.29) is 16.5 Å². The van der Waals surface area contributed by atoms with Crippen molar-refractivity contribution in [2.45, 2.75) is 39.5 Å². The number of aromatic nitrogens is 2. The van der Waals surface area contributed by atoms with Crippen molar-refractivity contribution in [1.29, 1.82) is 0 Å². The van der Waals surface area contributed by atoms with Gasteiger partial charge in [0.1, 0.15) is 18.1 Å². The predicted molar refractivity (Wildman–Crippen MR) is 114 cm³/mol. The van der Waals surface area contributed by atoms with Crippen LogP contribution in [-0.2, 0) is 16.1 Å². The number of rotatable bonds is 7. The average Bonchev–Trinajstić information content (AvgIpc) is 2.68. The van der Waals surface area contributed by atoms with Crippen LogP contribution in [0.5, 0.6) is 0 Å². The molecule has 0 bridgehead atoms. The van der Waals surface area contributed by atoms with E-state index in [1.165, 1.54) is 20.0 Å². The number of thiocarbonyl (C=S) groups is 1. The summed E-state index contributed by atoms with van der Waals surface area (Å²) in [5.74, 6) is -3.67. The summed E-state index contributed by atoms with van der Waals surface area (Å²) in [6.45, 7) is 3.66. The van der Waals surface area contributed by atoms with Gasteiger partial charge in [0.05, 0.1) is 17.2 Å². The Balaban J connectivity index is 2.43. The molecule has 2 N–H and O–H groups in total. The minimum atomic E-state index is -5.10. The summed E-state index contributed by atoms with van der Waals surface area (Å²) in [4.78, 5) is 41.7. The largest absolute Gasteiger partial charge is 0.452 e. The van der Waals surface area contributed by atoms with Gasteiger partial charge in [-0.1, -0.05) is 56.4 Å². The van der Waals surface area contributed by atoms with Gasteiger partial charge in [0, 0.05) is 5.56 Å². The van der Waals surface area contributed by atoms with E-state index < -0.39 is 41.9 Å². The number of carbonyl (C=O) groups is 2. The molecule has 1 aromatic carbocycles. The molecule has 0 fully saturated rings. The highest BCUT2D eigenvalue weighted by Crippen LogP contribution is 2.21. The van der Waals surface area contributed by atoms with Crippen molar-refractivity contribution in [3.63, 3.8) is 0 Å². The fourth-order valence-electron chi connectivity index (χ4n) is 2.81. The second-order valence-corrected chi connectivity index (χ2v) is 7.70. The van der Waals surface area contributed by atoms with Gasteiger partial charge in [-0.3, -0.25) is 19.0 Å². The highest BCUT2D eigenvalue weighted by atomic mass is 32.1. The van der Waals surface area contributed by atoms with Gasteiger partial charge in [-0.2, -0.15) is 13.2 Å². The summed E-state index contributed by atoms with van der Waals surface area (Å²) >= 11 is 4.93. The maximum Gasteiger partial charge on any atom is 0.452 e. The molecule has 0 radical (unpaired) electrons. The van der Waals surface area contributed by atoms with Crippen molar-refractivity contribution in [2.24, 2.45) is 5.92 Å². The van der Waals surface area contributed by atoms with Gasteiger partial charge in [-0.05, 0) is 12.8 Å². The summed E-state index contributed by atoms with van der Waals surface area (Å²) in [5.41, 5.74) is -0.118. The van der Waals surface area contributed by atoms with Crippen molar-refractivity contribution in [3.8, 4) is 11.4 Å². The van der Waals surface area contributed by atoms with Crippen LogP contribution in [0, 0.1) is 5.92 Å². The quantitative estimate of drug-likeness (QED) is 0.625. The van der Waals surface area contributed by atoms with Gasteiger partial charge in [-0.25, -0.2) is 4.98 Å². The Hall–Kier alpha value is -3.08. The number of alkyl halides is 3. The predicted octanol–water partition coefficient (Wildman–Crippen LogP) is 2.94. The lowest BCUT2D eigenvalue weighted by Crippen LogP contribution is -2.51. The average molecular weight is 454 g/mol.